The van der Waals surface area contributed by atoms with Crippen LogP contribution in [0.4, 0.5) is 0 Å². The van der Waals surface area contributed by atoms with E-state index in [-0.39, 0.29) is 6.04 Å². The molecule has 90 valence electrons. The van der Waals surface area contributed by atoms with Crippen molar-refractivity contribution in [3.05, 3.63) is 29.6 Å². The molecule has 1 unspecified atom stereocenters. The first-order valence-corrected chi connectivity index (χ1v) is 6.02. The van der Waals surface area contributed by atoms with Gasteiger partial charge in [-0.2, -0.15) is 0 Å². The molecule has 0 aromatic carbocycles. The van der Waals surface area contributed by atoms with Crippen LogP contribution in [0.1, 0.15) is 37.6 Å². The molecule has 16 heavy (non-hydrogen) atoms. The first-order valence-electron chi connectivity index (χ1n) is 6.02. The highest BCUT2D eigenvalue weighted by Gasteiger charge is 2.13. The minimum absolute atomic E-state index is 0.209. The van der Waals surface area contributed by atoms with E-state index >= 15 is 0 Å². The average molecular weight is 222 g/mol. The third-order valence-electron chi connectivity index (χ3n) is 2.51. The minimum Gasteiger partial charge on any atom is -0.380 e. The monoisotopic (exact) mass is 222 g/mol. The number of nitrogens with zero attached hydrogens (tertiary/aromatic N) is 1. The Labute approximate surface area is 98.2 Å². The van der Waals surface area contributed by atoms with Gasteiger partial charge >= 0.3 is 0 Å². The summed E-state index contributed by atoms with van der Waals surface area (Å²) in [7, 11) is 0. The normalized spacial score (nSPS) is 12.7. The van der Waals surface area contributed by atoms with E-state index in [0.29, 0.717) is 6.61 Å². The molecule has 1 heterocycles. The van der Waals surface area contributed by atoms with Gasteiger partial charge in [-0.05, 0) is 38.4 Å². The third kappa shape index (κ3) is 3.91. The van der Waals surface area contributed by atoms with Crippen molar-refractivity contribution in [3.63, 3.8) is 0 Å². The van der Waals surface area contributed by atoms with Gasteiger partial charge in [0.2, 0.25) is 0 Å². The molecule has 1 aromatic rings. The van der Waals surface area contributed by atoms with Crippen LogP contribution in [-0.4, -0.2) is 24.7 Å². The summed E-state index contributed by atoms with van der Waals surface area (Å²) in [5.41, 5.74) is 2.32. The number of hydrogen-bond acceptors (Lipinski definition) is 3. The quantitative estimate of drug-likeness (QED) is 0.769. The fraction of sp³-hybridized carbons (Fsp3) is 0.615. The molecule has 0 amide bonds. The number of rotatable bonds is 7. The third-order valence-corrected chi connectivity index (χ3v) is 2.51. The lowest BCUT2D eigenvalue weighted by Gasteiger charge is -2.19. The summed E-state index contributed by atoms with van der Waals surface area (Å²) in [4.78, 5) is 4.44. The zero-order valence-corrected chi connectivity index (χ0v) is 10.5. The SMILES string of the molecule is CCCNC(COCC)c1ncccc1C. The van der Waals surface area contributed by atoms with E-state index in [1.807, 2.05) is 19.2 Å². The van der Waals surface area contributed by atoms with Gasteiger partial charge in [-0.3, -0.25) is 4.98 Å². The maximum atomic E-state index is 5.50. The van der Waals surface area contributed by atoms with Crippen molar-refractivity contribution in [2.24, 2.45) is 0 Å². The molecule has 0 spiro atoms. The van der Waals surface area contributed by atoms with Crippen molar-refractivity contribution in [1.29, 1.82) is 0 Å². The second kappa shape index (κ2) is 7.36. The van der Waals surface area contributed by atoms with Gasteiger partial charge in [-0.1, -0.05) is 13.0 Å². The Morgan fingerprint density at radius 2 is 2.25 bits per heavy atom. The Kier molecular flexibility index (Phi) is 6.04. The van der Waals surface area contributed by atoms with Gasteiger partial charge in [0.1, 0.15) is 0 Å². The minimum atomic E-state index is 0.209. The van der Waals surface area contributed by atoms with Crippen molar-refractivity contribution < 1.29 is 4.74 Å². The molecule has 1 aromatic heterocycles. The van der Waals surface area contributed by atoms with Crippen LogP contribution in [0.2, 0.25) is 0 Å². The maximum absolute atomic E-state index is 5.50. The van der Waals surface area contributed by atoms with Crippen LogP contribution >= 0.6 is 0 Å². The van der Waals surface area contributed by atoms with Crippen LogP contribution in [0.3, 0.4) is 0 Å². The second-order valence-corrected chi connectivity index (χ2v) is 3.87. The number of nitrogens with one attached hydrogen (secondary N) is 1. The van der Waals surface area contributed by atoms with Crippen molar-refractivity contribution in [1.82, 2.24) is 10.3 Å². The summed E-state index contributed by atoms with van der Waals surface area (Å²) < 4.78 is 5.50. The maximum Gasteiger partial charge on any atom is 0.0735 e. The van der Waals surface area contributed by atoms with Crippen LogP contribution in [0.25, 0.3) is 0 Å². The van der Waals surface area contributed by atoms with E-state index in [1.165, 1.54) is 5.56 Å². The highest BCUT2D eigenvalue weighted by molar-refractivity contribution is 5.21. The lowest BCUT2D eigenvalue weighted by molar-refractivity contribution is 0.121. The lowest BCUT2D eigenvalue weighted by Crippen LogP contribution is -2.27. The molecule has 1 N–H and O–H groups in total. The van der Waals surface area contributed by atoms with E-state index in [2.05, 4.69) is 30.2 Å². The molecular formula is C13H22N2O. The van der Waals surface area contributed by atoms with Gasteiger partial charge < -0.3 is 10.1 Å². The van der Waals surface area contributed by atoms with Gasteiger partial charge in [-0.25, -0.2) is 0 Å². The second-order valence-electron chi connectivity index (χ2n) is 3.87. The fourth-order valence-electron chi connectivity index (χ4n) is 1.65. The Bertz CT molecular complexity index is 294. The van der Waals surface area contributed by atoms with E-state index in [4.69, 9.17) is 4.74 Å². The summed E-state index contributed by atoms with van der Waals surface area (Å²) in [5.74, 6) is 0. The van der Waals surface area contributed by atoms with E-state index < -0.39 is 0 Å². The molecular weight excluding hydrogens is 200 g/mol. The van der Waals surface area contributed by atoms with Gasteiger partial charge in [-0.15, -0.1) is 0 Å². The average Bonchev–Trinajstić information content (AvgIpc) is 2.31. The van der Waals surface area contributed by atoms with Crippen LogP contribution in [0.5, 0.6) is 0 Å². The van der Waals surface area contributed by atoms with Crippen LogP contribution in [0, 0.1) is 6.92 Å². The number of ether oxygens (including phenoxy) is 1. The molecule has 3 heteroatoms. The smallest absolute Gasteiger partial charge is 0.0735 e. The zero-order valence-electron chi connectivity index (χ0n) is 10.5. The molecule has 0 saturated carbocycles. The first-order chi connectivity index (χ1) is 7.79. The first kappa shape index (κ1) is 13.1. The van der Waals surface area contributed by atoms with Gasteiger partial charge in [0.15, 0.2) is 0 Å². The summed E-state index contributed by atoms with van der Waals surface area (Å²) in [6.45, 7) is 8.70. The van der Waals surface area contributed by atoms with E-state index in [1.54, 1.807) is 0 Å². The Hall–Kier alpha value is -0.930. The molecule has 0 aliphatic heterocycles. The van der Waals surface area contributed by atoms with Gasteiger partial charge in [0.05, 0.1) is 18.3 Å². The van der Waals surface area contributed by atoms with Gasteiger partial charge in [0.25, 0.3) is 0 Å². The summed E-state index contributed by atoms with van der Waals surface area (Å²) in [6.07, 6.45) is 2.96. The molecule has 3 nitrogen and oxygen atoms in total. The van der Waals surface area contributed by atoms with E-state index in [9.17, 15) is 0 Å². The van der Waals surface area contributed by atoms with Crippen molar-refractivity contribution in [2.45, 2.75) is 33.2 Å². The van der Waals surface area contributed by atoms with Crippen molar-refractivity contribution in [2.75, 3.05) is 19.8 Å². The molecule has 1 rings (SSSR count). The highest BCUT2D eigenvalue weighted by atomic mass is 16.5. The van der Waals surface area contributed by atoms with Crippen LogP contribution in [-0.2, 0) is 4.74 Å². The van der Waals surface area contributed by atoms with E-state index in [0.717, 1.165) is 25.3 Å². The van der Waals surface area contributed by atoms with Crippen molar-refractivity contribution in [3.8, 4) is 0 Å². The highest BCUT2D eigenvalue weighted by Crippen LogP contribution is 2.14. The molecule has 0 fully saturated rings. The summed E-state index contributed by atoms with van der Waals surface area (Å²) >= 11 is 0. The molecule has 0 aliphatic rings. The Morgan fingerprint density at radius 1 is 1.44 bits per heavy atom. The standard InChI is InChI=1S/C13H22N2O/c1-4-8-14-12(10-16-5-2)13-11(3)7-6-9-15-13/h6-7,9,12,14H,4-5,8,10H2,1-3H3. The number of aromatic nitrogens is 1. The number of hydrogen-bond donors (Lipinski definition) is 1. The zero-order chi connectivity index (χ0) is 11.8. The molecule has 0 bridgehead atoms. The van der Waals surface area contributed by atoms with Crippen LogP contribution < -0.4 is 5.32 Å². The lowest BCUT2D eigenvalue weighted by atomic mass is 10.1. The molecule has 0 saturated heterocycles. The fourth-order valence-corrected chi connectivity index (χ4v) is 1.65. The van der Waals surface area contributed by atoms with Gasteiger partial charge in [0, 0.05) is 12.8 Å². The Balaban J connectivity index is 2.70. The number of aryl methyl sites for hydroxylation is 1. The predicted molar refractivity (Wildman–Crippen MR) is 66.5 cm³/mol. The molecule has 0 radical (unpaired) electrons. The summed E-state index contributed by atoms with van der Waals surface area (Å²) in [5, 5.41) is 3.47. The molecule has 0 aliphatic carbocycles. The van der Waals surface area contributed by atoms with Crippen molar-refractivity contribution >= 4 is 0 Å². The molecule has 1 atom stereocenters. The summed E-state index contributed by atoms with van der Waals surface area (Å²) in [6, 6.07) is 4.27. The number of pyridine rings is 1. The Morgan fingerprint density at radius 3 is 2.88 bits per heavy atom. The predicted octanol–water partition coefficient (Wildman–Crippen LogP) is 2.47. The largest absolute Gasteiger partial charge is 0.380 e. The topological polar surface area (TPSA) is 34.1 Å². The van der Waals surface area contributed by atoms with Crippen LogP contribution in [0.15, 0.2) is 18.3 Å².